The summed E-state index contributed by atoms with van der Waals surface area (Å²) in [7, 11) is 0. The van der Waals surface area contributed by atoms with Crippen LogP contribution < -0.4 is 5.32 Å². The highest BCUT2D eigenvalue weighted by atomic mass is 35.5. The van der Waals surface area contributed by atoms with Gasteiger partial charge in [0.15, 0.2) is 5.13 Å². The van der Waals surface area contributed by atoms with Gasteiger partial charge in [0, 0.05) is 35.0 Å². The zero-order valence-electron chi connectivity index (χ0n) is 22.8. The number of carbonyl (C=O) groups is 1. The zero-order valence-corrected chi connectivity index (χ0v) is 24.4. The van der Waals surface area contributed by atoms with Crippen LogP contribution in [0.1, 0.15) is 86.3 Å². The molecule has 1 aromatic rings. The van der Waals surface area contributed by atoms with Crippen LogP contribution in [0.4, 0.5) is 5.13 Å². The molecule has 0 radical (unpaired) electrons. The van der Waals surface area contributed by atoms with Gasteiger partial charge >= 0.3 is 5.97 Å². The van der Waals surface area contributed by atoms with Crippen molar-refractivity contribution in [3.63, 3.8) is 0 Å². The Morgan fingerprint density at radius 1 is 1.37 bits per heavy atom. The van der Waals surface area contributed by atoms with Crippen molar-refractivity contribution < 1.29 is 9.53 Å². The lowest BCUT2D eigenvalue weighted by molar-refractivity contribution is -0.144. The molecule has 0 aromatic carbocycles. The number of rotatable bonds is 10. The quantitative estimate of drug-likeness (QED) is 0.332. The number of allylic oxidation sites excluding steroid dienone is 2. The zero-order chi connectivity index (χ0) is 25.8. The Kier molecular flexibility index (Phi) is 9.72. The lowest BCUT2D eigenvalue weighted by Gasteiger charge is -2.49. The van der Waals surface area contributed by atoms with Crippen LogP contribution in [0.5, 0.6) is 0 Å². The minimum atomic E-state index is -0.347. The van der Waals surface area contributed by atoms with Gasteiger partial charge in [-0.05, 0) is 62.3 Å². The number of likely N-dealkylation sites (tertiary alicyclic amines) is 1. The van der Waals surface area contributed by atoms with E-state index in [1.54, 1.807) is 11.3 Å². The van der Waals surface area contributed by atoms with Gasteiger partial charge in [0.25, 0.3) is 0 Å². The van der Waals surface area contributed by atoms with Crippen molar-refractivity contribution in [1.82, 2.24) is 9.88 Å². The number of thiazole rings is 1. The molecule has 1 saturated heterocycles. The summed E-state index contributed by atoms with van der Waals surface area (Å²) < 4.78 is 5.16. The van der Waals surface area contributed by atoms with Crippen molar-refractivity contribution in [1.29, 1.82) is 0 Å². The van der Waals surface area contributed by atoms with Gasteiger partial charge in [-0.3, -0.25) is 4.79 Å². The van der Waals surface area contributed by atoms with Crippen molar-refractivity contribution in [3.05, 3.63) is 22.2 Å². The second-order valence-electron chi connectivity index (χ2n) is 12.2. The maximum absolute atomic E-state index is 12.0. The fraction of sp³-hybridized carbons (Fsp3) is 0.786. The molecule has 2 aliphatic rings. The highest BCUT2D eigenvalue weighted by Gasteiger charge is 2.41. The molecule has 3 rings (SSSR count). The highest BCUT2D eigenvalue weighted by molar-refractivity contribution is 7.13. The van der Waals surface area contributed by atoms with E-state index in [1.165, 1.54) is 12.8 Å². The summed E-state index contributed by atoms with van der Waals surface area (Å²) in [5.41, 5.74) is 0.901. The van der Waals surface area contributed by atoms with Crippen LogP contribution in [0.25, 0.3) is 0 Å². The molecule has 7 heteroatoms. The van der Waals surface area contributed by atoms with E-state index in [0.717, 1.165) is 60.2 Å². The number of ether oxygens (including phenoxy) is 1. The van der Waals surface area contributed by atoms with Gasteiger partial charge in [0.05, 0.1) is 18.7 Å². The molecule has 1 aromatic heterocycles. The van der Waals surface area contributed by atoms with Crippen LogP contribution in [0.3, 0.4) is 0 Å². The summed E-state index contributed by atoms with van der Waals surface area (Å²) >= 11 is 7.89. The van der Waals surface area contributed by atoms with Crippen LogP contribution in [0.2, 0.25) is 0 Å². The second-order valence-corrected chi connectivity index (χ2v) is 13.5. The van der Waals surface area contributed by atoms with E-state index in [0.29, 0.717) is 30.4 Å². The third kappa shape index (κ3) is 7.69. The standard InChI is InChI=1S/C28H46ClN3O2S/c1-8-34-25(33)15-27(4,5)24-17-35-26(31-24)30-23(19(2)3)16-32-14-13-22(28(6,7)18-32)20-9-11-21(29)12-10-20/h11,17,19-20,22-23H,8-10,12-16,18H2,1-7H3,(H,30,31)/t20?,22?,23-/m0/s1. The highest BCUT2D eigenvalue weighted by Crippen LogP contribution is 2.45. The Labute approximate surface area is 222 Å². The molecule has 0 bridgehead atoms. The Bertz CT molecular complexity index is 879. The van der Waals surface area contributed by atoms with Gasteiger partial charge in [-0.2, -0.15) is 0 Å². The van der Waals surface area contributed by atoms with E-state index in [1.807, 2.05) is 6.92 Å². The van der Waals surface area contributed by atoms with Crippen LogP contribution in [-0.2, 0) is 14.9 Å². The van der Waals surface area contributed by atoms with Crippen molar-refractivity contribution >= 4 is 34.0 Å². The number of anilines is 1. The van der Waals surface area contributed by atoms with Crippen LogP contribution in [0.15, 0.2) is 16.5 Å². The molecule has 1 aliphatic carbocycles. The maximum atomic E-state index is 12.0. The first-order valence-corrected chi connectivity index (χ1v) is 14.6. The van der Waals surface area contributed by atoms with E-state index < -0.39 is 0 Å². The van der Waals surface area contributed by atoms with Crippen LogP contribution in [-0.4, -0.2) is 48.1 Å². The van der Waals surface area contributed by atoms with Gasteiger partial charge in [-0.15, -0.1) is 11.3 Å². The molecule has 0 spiro atoms. The van der Waals surface area contributed by atoms with Crippen LogP contribution >= 0.6 is 22.9 Å². The number of nitrogens with one attached hydrogen (secondary N) is 1. The van der Waals surface area contributed by atoms with Crippen molar-refractivity contribution in [2.45, 2.75) is 92.0 Å². The second kappa shape index (κ2) is 12.0. The van der Waals surface area contributed by atoms with E-state index in [9.17, 15) is 4.79 Å². The van der Waals surface area contributed by atoms with Gasteiger partial charge in [-0.1, -0.05) is 59.2 Å². The minimum Gasteiger partial charge on any atom is -0.466 e. The molecule has 198 valence electrons. The summed E-state index contributed by atoms with van der Waals surface area (Å²) in [6, 6.07) is 0.325. The topological polar surface area (TPSA) is 54.5 Å². The van der Waals surface area contributed by atoms with E-state index in [2.05, 4.69) is 63.2 Å². The Hall–Kier alpha value is -1.11. The molecule has 1 aliphatic heterocycles. The van der Waals surface area contributed by atoms with Gasteiger partial charge in [-0.25, -0.2) is 4.98 Å². The van der Waals surface area contributed by atoms with Crippen LogP contribution in [0, 0.1) is 23.2 Å². The molecule has 0 amide bonds. The molecular formula is C28H46ClN3O2S. The number of piperidine rings is 1. The molecular weight excluding hydrogens is 478 g/mol. The summed E-state index contributed by atoms with van der Waals surface area (Å²) in [5.74, 6) is 1.84. The first-order chi connectivity index (χ1) is 16.4. The van der Waals surface area contributed by atoms with Crippen molar-refractivity contribution in [3.8, 4) is 0 Å². The largest absolute Gasteiger partial charge is 0.466 e. The molecule has 5 nitrogen and oxygen atoms in total. The Balaban J connectivity index is 1.60. The van der Waals surface area contributed by atoms with E-state index >= 15 is 0 Å². The monoisotopic (exact) mass is 523 g/mol. The van der Waals surface area contributed by atoms with E-state index in [4.69, 9.17) is 21.3 Å². The normalized spacial score (nSPS) is 24.2. The maximum Gasteiger partial charge on any atom is 0.306 e. The number of carbonyl (C=O) groups excluding carboxylic acids is 1. The fourth-order valence-electron chi connectivity index (χ4n) is 5.88. The fourth-order valence-corrected chi connectivity index (χ4v) is 7.04. The first kappa shape index (κ1) is 28.5. The summed E-state index contributed by atoms with van der Waals surface area (Å²) in [6.07, 6.45) is 7.28. The number of esters is 1. The molecule has 1 fully saturated rings. The predicted molar refractivity (Wildman–Crippen MR) is 148 cm³/mol. The number of hydrogen-bond donors (Lipinski definition) is 1. The number of aromatic nitrogens is 1. The number of nitrogens with zero attached hydrogens (tertiary/aromatic N) is 2. The molecule has 2 unspecified atom stereocenters. The minimum absolute atomic E-state index is 0.168. The van der Waals surface area contributed by atoms with Gasteiger partial charge < -0.3 is 15.0 Å². The van der Waals surface area contributed by atoms with Gasteiger partial charge in [0.2, 0.25) is 0 Å². The number of halogens is 1. The molecule has 2 heterocycles. The smallest absolute Gasteiger partial charge is 0.306 e. The third-order valence-electron chi connectivity index (χ3n) is 8.01. The predicted octanol–water partition coefficient (Wildman–Crippen LogP) is 7.08. The molecule has 0 saturated carbocycles. The van der Waals surface area contributed by atoms with E-state index in [-0.39, 0.29) is 11.4 Å². The SMILES string of the molecule is CCOC(=O)CC(C)(C)c1csc(N[C@@H](CN2CCC(C3CC=C(Cl)CC3)C(C)(C)C2)C(C)C)n1. The summed E-state index contributed by atoms with van der Waals surface area (Å²) in [4.78, 5) is 19.6. The number of hydrogen-bond acceptors (Lipinski definition) is 6. The lowest BCUT2D eigenvalue weighted by atomic mass is 9.65. The third-order valence-corrected chi connectivity index (χ3v) is 9.13. The summed E-state index contributed by atoms with van der Waals surface area (Å²) in [5, 5.41) is 7.81. The average Bonchev–Trinajstić information content (AvgIpc) is 3.23. The lowest BCUT2D eigenvalue weighted by Crippen LogP contribution is -2.51. The Morgan fingerprint density at radius 2 is 2.11 bits per heavy atom. The average molecular weight is 524 g/mol. The van der Waals surface area contributed by atoms with Crippen molar-refractivity contribution in [2.24, 2.45) is 23.2 Å². The molecule has 1 N–H and O–H groups in total. The summed E-state index contributed by atoms with van der Waals surface area (Å²) in [6.45, 7) is 19.2. The molecule has 35 heavy (non-hydrogen) atoms. The first-order valence-electron chi connectivity index (χ1n) is 13.4. The van der Waals surface area contributed by atoms with Gasteiger partial charge in [0.1, 0.15) is 0 Å². The Morgan fingerprint density at radius 3 is 2.71 bits per heavy atom. The molecule has 3 atom stereocenters. The van der Waals surface area contributed by atoms with Crippen molar-refractivity contribution in [2.75, 3.05) is 31.6 Å².